The van der Waals surface area contributed by atoms with Crippen LogP contribution in [0.3, 0.4) is 0 Å². The van der Waals surface area contributed by atoms with Crippen LogP contribution in [0.1, 0.15) is 106 Å². The van der Waals surface area contributed by atoms with E-state index in [2.05, 4.69) is 41.6 Å². The fourth-order valence-electron chi connectivity index (χ4n) is 10.0. The number of halogens is 1. The Hall–Kier alpha value is -5.09. The first-order chi connectivity index (χ1) is 28.9. The van der Waals surface area contributed by atoms with Crippen molar-refractivity contribution >= 4 is 35.1 Å². The van der Waals surface area contributed by atoms with Crippen molar-refractivity contribution in [1.29, 1.82) is 0 Å². The van der Waals surface area contributed by atoms with Gasteiger partial charge in [0.1, 0.15) is 23.1 Å². The summed E-state index contributed by atoms with van der Waals surface area (Å²) in [7, 11) is 0. The van der Waals surface area contributed by atoms with Crippen molar-refractivity contribution in [3.8, 4) is 11.5 Å². The van der Waals surface area contributed by atoms with Crippen LogP contribution in [0.4, 0.5) is 5.69 Å². The average Bonchev–Trinajstić information content (AvgIpc) is 3.51. The number of rotatable bonds is 17. The van der Waals surface area contributed by atoms with E-state index in [1.54, 1.807) is 19.1 Å². The van der Waals surface area contributed by atoms with Crippen molar-refractivity contribution in [3.63, 3.8) is 0 Å². The summed E-state index contributed by atoms with van der Waals surface area (Å²) in [5.41, 5.74) is 5.00. The zero-order valence-electron chi connectivity index (χ0n) is 34.9. The molecule has 5 atom stereocenters. The van der Waals surface area contributed by atoms with Crippen LogP contribution in [-0.2, 0) is 39.1 Å². The molecule has 318 valence electrons. The molecule has 60 heavy (non-hydrogen) atoms. The highest BCUT2D eigenvalue weighted by atomic mass is 35.5. The van der Waals surface area contributed by atoms with Gasteiger partial charge in [0.2, 0.25) is 5.91 Å². The third kappa shape index (κ3) is 9.59. The molecule has 4 aromatic rings. The summed E-state index contributed by atoms with van der Waals surface area (Å²) in [4.78, 5) is 42.8. The topological polar surface area (TPSA) is 147 Å². The van der Waals surface area contributed by atoms with Crippen LogP contribution < -0.4 is 20.1 Å². The number of nitrogens with one attached hydrogen (secondary N) is 2. The van der Waals surface area contributed by atoms with Crippen molar-refractivity contribution < 1.29 is 34.1 Å². The van der Waals surface area contributed by atoms with Gasteiger partial charge < -0.3 is 30.3 Å². The Balaban J connectivity index is 1.05. The Labute approximate surface area is 358 Å². The van der Waals surface area contributed by atoms with Crippen molar-refractivity contribution in [1.82, 2.24) is 10.3 Å². The predicted molar refractivity (Wildman–Crippen MR) is 233 cm³/mol. The molecule has 1 heterocycles. The minimum atomic E-state index is -1.14. The van der Waals surface area contributed by atoms with E-state index in [0.29, 0.717) is 61.1 Å². The molecular formula is C49H58ClN3O7. The zero-order chi connectivity index (χ0) is 42.4. The second-order valence-corrected chi connectivity index (χ2v) is 18.1. The van der Waals surface area contributed by atoms with Crippen LogP contribution in [0.25, 0.3) is 0 Å². The lowest BCUT2D eigenvalue weighted by Gasteiger charge is -2.47. The third-order valence-corrected chi connectivity index (χ3v) is 13.7. The lowest BCUT2D eigenvalue weighted by Crippen LogP contribution is -2.53. The molecule has 0 radical (unpaired) electrons. The molecule has 0 saturated heterocycles. The summed E-state index contributed by atoms with van der Waals surface area (Å²) in [6, 6.07) is 23.8. The molecule has 3 aliphatic rings. The van der Waals surface area contributed by atoms with Crippen LogP contribution in [0.15, 0.2) is 85.1 Å². The number of carbonyl (C=O) groups excluding carboxylic acids is 1. The molecule has 1 aromatic heterocycles. The maximum atomic E-state index is 13.1. The molecule has 1 unspecified atom stereocenters. The van der Waals surface area contributed by atoms with Crippen LogP contribution >= 0.6 is 11.6 Å². The lowest BCUT2D eigenvalue weighted by molar-refractivity contribution is -0.144. The zero-order valence-corrected chi connectivity index (χ0v) is 35.7. The smallest absolute Gasteiger partial charge is 0.329 e. The number of carboxylic acid groups (broad SMARTS) is 2. The van der Waals surface area contributed by atoms with E-state index in [9.17, 15) is 24.6 Å². The number of aromatic nitrogens is 1. The van der Waals surface area contributed by atoms with E-state index in [4.69, 9.17) is 21.1 Å². The van der Waals surface area contributed by atoms with Crippen molar-refractivity contribution in [2.24, 2.45) is 17.8 Å². The van der Waals surface area contributed by atoms with E-state index in [1.807, 2.05) is 60.8 Å². The molecule has 4 N–H and O–H groups in total. The Morgan fingerprint density at radius 3 is 2.47 bits per heavy atom. The maximum Gasteiger partial charge on any atom is 0.329 e. The number of ether oxygens (including phenoxy) is 2. The number of pyridine rings is 1. The van der Waals surface area contributed by atoms with Gasteiger partial charge in [-0.25, -0.2) is 9.59 Å². The molecule has 0 bridgehead atoms. The van der Waals surface area contributed by atoms with Crippen LogP contribution in [0.2, 0.25) is 5.02 Å². The van der Waals surface area contributed by atoms with Crippen molar-refractivity contribution in [2.45, 2.75) is 114 Å². The second kappa shape index (κ2) is 18.7. The van der Waals surface area contributed by atoms with Gasteiger partial charge in [-0.2, -0.15) is 0 Å². The number of fused-ring (bicyclic) bond motifs is 3. The SMILES string of the molecule is CC(CCOc1ccc2c(c1)C1(CCC(Nc3cccc(Cl)c3)(C(=O)O)CC1)[C@@H](C[C@@H](C)COc1ccnc3c1[C@H](C)CCC3)C2)C(=O)N[C@H](Cc1ccccc1)C(=O)O. The minimum absolute atomic E-state index is 0.199. The molecule has 10 nitrogen and oxygen atoms in total. The van der Waals surface area contributed by atoms with Gasteiger partial charge >= 0.3 is 11.9 Å². The Morgan fingerprint density at radius 2 is 1.73 bits per heavy atom. The lowest BCUT2D eigenvalue weighted by atomic mass is 9.59. The number of hydrogen-bond donors (Lipinski definition) is 4. The summed E-state index contributed by atoms with van der Waals surface area (Å²) >= 11 is 6.30. The third-order valence-electron chi connectivity index (χ3n) is 13.4. The summed E-state index contributed by atoms with van der Waals surface area (Å²) in [6.07, 6.45) is 9.80. The molecular weight excluding hydrogens is 778 g/mol. The van der Waals surface area contributed by atoms with Crippen LogP contribution in [0, 0.1) is 17.8 Å². The molecule has 0 aliphatic heterocycles. The highest BCUT2D eigenvalue weighted by Crippen LogP contribution is 2.57. The summed E-state index contributed by atoms with van der Waals surface area (Å²) in [5, 5.41) is 27.2. The number of benzene rings is 3. The van der Waals surface area contributed by atoms with E-state index in [1.165, 1.54) is 16.7 Å². The number of aryl methyl sites for hydroxylation is 1. The molecule has 3 aliphatic carbocycles. The Bertz CT molecular complexity index is 2150. The van der Waals surface area contributed by atoms with Crippen molar-refractivity contribution in [3.05, 3.63) is 118 Å². The number of nitrogens with zero attached hydrogens (tertiary/aromatic N) is 1. The van der Waals surface area contributed by atoms with Gasteiger partial charge in [-0.3, -0.25) is 9.78 Å². The maximum absolute atomic E-state index is 13.1. The quantitative estimate of drug-likeness (QED) is 0.0817. The summed E-state index contributed by atoms with van der Waals surface area (Å²) in [5.74, 6) is -0.152. The number of carbonyl (C=O) groups is 3. The molecule has 1 amide bonds. The summed E-state index contributed by atoms with van der Waals surface area (Å²) < 4.78 is 12.9. The Morgan fingerprint density at radius 1 is 0.950 bits per heavy atom. The van der Waals surface area contributed by atoms with Crippen molar-refractivity contribution in [2.75, 3.05) is 18.5 Å². The fourth-order valence-corrected chi connectivity index (χ4v) is 10.2. The van der Waals surface area contributed by atoms with E-state index >= 15 is 0 Å². The summed E-state index contributed by atoms with van der Waals surface area (Å²) in [6.45, 7) is 7.16. The van der Waals surface area contributed by atoms with Gasteiger partial charge in [-0.15, -0.1) is 0 Å². The standard InChI is InChI=1S/C49H58ClN3O7/c1-31(30-60-43-17-23-51-41-14-7-9-32(2)44(41)43)25-36-27-35-15-16-39(59-24-18-33(3)45(54)52-42(46(55)56)26-34-10-5-4-6-11-34)29-40(35)48(36)19-21-49(22-20-48,47(57)58)53-38-13-8-12-37(50)28-38/h4-6,8,10-13,15-17,23,28-29,31-33,36,42,53H,7,9,14,18-22,24-27,30H2,1-3H3,(H,52,54)(H,55,56)(H,57,58)/t31-,32-,33?,36+,42-,48?,49?/m1/s1. The normalized spacial score (nSPS) is 23.4. The number of carboxylic acids is 2. The van der Waals surface area contributed by atoms with Gasteiger partial charge in [0.05, 0.1) is 13.2 Å². The van der Waals surface area contributed by atoms with E-state index in [0.717, 1.165) is 49.1 Å². The first-order valence-corrected chi connectivity index (χ1v) is 21.9. The number of aliphatic carboxylic acids is 2. The van der Waals surface area contributed by atoms with Gasteiger partial charge in [0.25, 0.3) is 0 Å². The largest absolute Gasteiger partial charge is 0.494 e. The number of anilines is 1. The first kappa shape index (κ1) is 43.0. The monoisotopic (exact) mass is 835 g/mol. The first-order valence-electron chi connectivity index (χ1n) is 21.6. The molecule has 1 spiro atoms. The second-order valence-electron chi connectivity index (χ2n) is 17.6. The fraction of sp³-hybridized carbons (Fsp3) is 0.469. The van der Waals surface area contributed by atoms with Gasteiger partial charge in [-0.1, -0.05) is 74.8 Å². The Kier molecular flexibility index (Phi) is 13.4. The van der Waals surface area contributed by atoms with Gasteiger partial charge in [0.15, 0.2) is 0 Å². The number of hydrogen-bond acceptors (Lipinski definition) is 7. The molecule has 3 aromatic carbocycles. The van der Waals surface area contributed by atoms with Gasteiger partial charge in [-0.05, 0) is 140 Å². The molecule has 7 rings (SSSR count). The minimum Gasteiger partial charge on any atom is -0.494 e. The number of amides is 1. The molecule has 1 saturated carbocycles. The van der Waals surface area contributed by atoms with E-state index in [-0.39, 0.29) is 36.2 Å². The van der Waals surface area contributed by atoms with Gasteiger partial charge in [0, 0.05) is 40.5 Å². The van der Waals surface area contributed by atoms with E-state index < -0.39 is 29.4 Å². The van der Waals surface area contributed by atoms with Crippen LogP contribution in [-0.4, -0.2) is 57.8 Å². The average molecular weight is 836 g/mol. The highest BCUT2D eigenvalue weighted by Gasteiger charge is 2.54. The molecule has 1 fully saturated rings. The predicted octanol–water partition coefficient (Wildman–Crippen LogP) is 9.42. The molecule has 11 heteroatoms. The highest BCUT2D eigenvalue weighted by molar-refractivity contribution is 6.30. The van der Waals surface area contributed by atoms with Crippen LogP contribution in [0.5, 0.6) is 11.5 Å².